The van der Waals surface area contributed by atoms with Gasteiger partial charge >= 0.3 is 0 Å². The normalized spacial score (nSPS) is 12.9. The van der Waals surface area contributed by atoms with E-state index in [1.165, 1.54) is 5.56 Å². The van der Waals surface area contributed by atoms with E-state index < -0.39 is 0 Å². The Hall–Kier alpha value is -0.540. The van der Waals surface area contributed by atoms with Gasteiger partial charge in [-0.05, 0) is 54.9 Å². The number of aromatic hydroxyl groups is 1. The maximum Gasteiger partial charge on any atom is 0.134 e. The summed E-state index contributed by atoms with van der Waals surface area (Å²) in [6, 6.07) is 2.18. The van der Waals surface area contributed by atoms with Crippen LogP contribution in [0.2, 0.25) is 0 Å². The molecular formula is C11H16BrNO. The number of benzene rings is 1. The van der Waals surface area contributed by atoms with Gasteiger partial charge in [0.1, 0.15) is 5.75 Å². The van der Waals surface area contributed by atoms with E-state index in [-0.39, 0.29) is 6.04 Å². The number of nitrogens with one attached hydrogen (secondary N) is 1. The molecule has 0 aliphatic rings. The van der Waals surface area contributed by atoms with Crippen molar-refractivity contribution in [3.05, 3.63) is 27.2 Å². The first-order valence-corrected chi connectivity index (χ1v) is 5.44. The predicted octanol–water partition coefficient (Wildman–Crippen LogP) is 3.05. The van der Waals surface area contributed by atoms with Crippen LogP contribution in [-0.2, 0) is 0 Å². The van der Waals surface area contributed by atoms with Gasteiger partial charge in [-0.1, -0.05) is 6.07 Å². The number of aryl methyl sites for hydroxylation is 1. The average molecular weight is 258 g/mol. The molecule has 1 aromatic rings. The molecule has 0 saturated heterocycles. The van der Waals surface area contributed by atoms with Crippen LogP contribution in [-0.4, -0.2) is 12.2 Å². The summed E-state index contributed by atoms with van der Waals surface area (Å²) in [4.78, 5) is 0. The molecule has 1 aromatic carbocycles. The van der Waals surface area contributed by atoms with E-state index in [4.69, 9.17) is 0 Å². The van der Waals surface area contributed by atoms with E-state index >= 15 is 0 Å². The quantitative estimate of drug-likeness (QED) is 0.854. The fraction of sp³-hybridized carbons (Fsp3) is 0.455. The molecule has 0 heterocycles. The summed E-state index contributed by atoms with van der Waals surface area (Å²) in [5.74, 6) is 0.343. The van der Waals surface area contributed by atoms with E-state index in [1.54, 1.807) is 0 Å². The Morgan fingerprint density at radius 1 is 1.43 bits per heavy atom. The highest BCUT2D eigenvalue weighted by Crippen LogP contribution is 2.36. The summed E-state index contributed by atoms with van der Waals surface area (Å²) in [5, 5.41) is 13.0. The third-order valence-electron chi connectivity index (χ3n) is 2.67. The number of hydrogen-bond acceptors (Lipinski definition) is 2. The van der Waals surface area contributed by atoms with E-state index in [0.29, 0.717) is 5.75 Å². The van der Waals surface area contributed by atoms with E-state index in [0.717, 1.165) is 15.6 Å². The topological polar surface area (TPSA) is 32.3 Å². The molecule has 2 nitrogen and oxygen atoms in total. The van der Waals surface area contributed by atoms with Gasteiger partial charge in [0, 0.05) is 11.6 Å². The highest BCUT2D eigenvalue weighted by Gasteiger charge is 2.14. The van der Waals surface area contributed by atoms with Gasteiger partial charge in [0.25, 0.3) is 0 Å². The Balaban J connectivity index is 3.33. The summed E-state index contributed by atoms with van der Waals surface area (Å²) in [6.07, 6.45) is 0. The molecule has 1 atom stereocenters. The smallest absolute Gasteiger partial charge is 0.134 e. The SMILES string of the molecule is CN[C@H](C)c1cc(C)c(C)c(Br)c1O. The molecule has 0 spiro atoms. The van der Waals surface area contributed by atoms with Crippen molar-refractivity contribution >= 4 is 15.9 Å². The van der Waals surface area contributed by atoms with E-state index in [2.05, 4.69) is 21.2 Å². The predicted molar refractivity (Wildman–Crippen MR) is 62.8 cm³/mol. The van der Waals surface area contributed by atoms with Gasteiger partial charge < -0.3 is 10.4 Å². The van der Waals surface area contributed by atoms with Crippen molar-refractivity contribution in [2.45, 2.75) is 26.8 Å². The molecule has 0 bridgehead atoms. The van der Waals surface area contributed by atoms with Gasteiger partial charge in [0.2, 0.25) is 0 Å². The van der Waals surface area contributed by atoms with Crippen LogP contribution < -0.4 is 5.32 Å². The number of phenols is 1. The van der Waals surface area contributed by atoms with Crippen LogP contribution >= 0.6 is 15.9 Å². The fourth-order valence-corrected chi connectivity index (χ4v) is 1.91. The molecule has 0 fully saturated rings. The van der Waals surface area contributed by atoms with Crippen molar-refractivity contribution < 1.29 is 5.11 Å². The fourth-order valence-electron chi connectivity index (χ4n) is 1.37. The van der Waals surface area contributed by atoms with Gasteiger partial charge in [-0.15, -0.1) is 0 Å². The Bertz CT molecular complexity index is 350. The molecule has 2 N–H and O–H groups in total. The molecule has 0 amide bonds. The monoisotopic (exact) mass is 257 g/mol. The first kappa shape index (κ1) is 11.5. The molecule has 0 radical (unpaired) electrons. The van der Waals surface area contributed by atoms with E-state index in [1.807, 2.05) is 33.9 Å². The minimum atomic E-state index is 0.158. The second-order valence-electron chi connectivity index (χ2n) is 3.58. The summed E-state index contributed by atoms with van der Waals surface area (Å²) in [5.41, 5.74) is 3.21. The van der Waals surface area contributed by atoms with Crippen molar-refractivity contribution in [2.24, 2.45) is 0 Å². The zero-order valence-corrected chi connectivity index (χ0v) is 10.6. The minimum Gasteiger partial charge on any atom is -0.506 e. The zero-order valence-electron chi connectivity index (χ0n) is 8.98. The lowest BCUT2D eigenvalue weighted by Crippen LogP contribution is -2.13. The molecule has 3 heteroatoms. The molecule has 0 unspecified atom stereocenters. The minimum absolute atomic E-state index is 0.158. The molecule has 0 aliphatic carbocycles. The third-order valence-corrected chi connectivity index (χ3v) is 3.64. The lowest BCUT2D eigenvalue weighted by atomic mass is 10.0. The summed E-state index contributed by atoms with van der Waals surface area (Å²) < 4.78 is 0.801. The highest BCUT2D eigenvalue weighted by molar-refractivity contribution is 9.10. The lowest BCUT2D eigenvalue weighted by molar-refractivity contribution is 0.453. The Morgan fingerprint density at radius 3 is 2.50 bits per heavy atom. The molecular weight excluding hydrogens is 242 g/mol. The lowest BCUT2D eigenvalue weighted by Gasteiger charge is -2.16. The second kappa shape index (κ2) is 4.32. The Morgan fingerprint density at radius 2 is 2.00 bits per heavy atom. The molecule has 1 rings (SSSR count). The molecule has 0 aliphatic heterocycles. The van der Waals surface area contributed by atoms with Crippen LogP contribution in [0.4, 0.5) is 0 Å². The molecule has 14 heavy (non-hydrogen) atoms. The first-order chi connectivity index (χ1) is 6.49. The van der Waals surface area contributed by atoms with Crippen molar-refractivity contribution in [3.63, 3.8) is 0 Å². The Labute approximate surface area is 93.5 Å². The average Bonchev–Trinajstić information content (AvgIpc) is 2.19. The number of rotatable bonds is 2. The highest BCUT2D eigenvalue weighted by atomic mass is 79.9. The number of hydrogen-bond donors (Lipinski definition) is 2. The zero-order chi connectivity index (χ0) is 10.9. The van der Waals surface area contributed by atoms with Crippen molar-refractivity contribution in [2.75, 3.05) is 7.05 Å². The van der Waals surface area contributed by atoms with Crippen LogP contribution in [0.25, 0.3) is 0 Å². The van der Waals surface area contributed by atoms with Crippen molar-refractivity contribution in [1.29, 1.82) is 0 Å². The standard InChI is InChI=1S/C11H16BrNO/c1-6-5-9(8(3)13-4)11(14)10(12)7(6)2/h5,8,13-14H,1-4H3/t8-/m1/s1. The van der Waals surface area contributed by atoms with E-state index in [9.17, 15) is 5.11 Å². The summed E-state index contributed by atoms with van der Waals surface area (Å²) >= 11 is 3.40. The summed E-state index contributed by atoms with van der Waals surface area (Å²) in [6.45, 7) is 6.06. The largest absolute Gasteiger partial charge is 0.506 e. The van der Waals surface area contributed by atoms with Crippen LogP contribution in [0, 0.1) is 13.8 Å². The van der Waals surface area contributed by atoms with Gasteiger partial charge in [-0.2, -0.15) is 0 Å². The van der Waals surface area contributed by atoms with Gasteiger partial charge in [0.15, 0.2) is 0 Å². The summed E-state index contributed by atoms with van der Waals surface area (Å²) in [7, 11) is 1.88. The van der Waals surface area contributed by atoms with Crippen LogP contribution in [0.5, 0.6) is 5.75 Å². The second-order valence-corrected chi connectivity index (χ2v) is 4.37. The van der Waals surface area contributed by atoms with Gasteiger partial charge in [0.05, 0.1) is 4.47 Å². The molecule has 0 aromatic heterocycles. The van der Waals surface area contributed by atoms with Crippen molar-refractivity contribution in [1.82, 2.24) is 5.32 Å². The molecule has 78 valence electrons. The number of phenolic OH excluding ortho intramolecular Hbond substituents is 1. The van der Waals surface area contributed by atoms with Crippen LogP contribution in [0.3, 0.4) is 0 Å². The van der Waals surface area contributed by atoms with Crippen LogP contribution in [0.15, 0.2) is 10.5 Å². The first-order valence-electron chi connectivity index (χ1n) is 4.64. The maximum atomic E-state index is 9.92. The van der Waals surface area contributed by atoms with Crippen LogP contribution in [0.1, 0.15) is 29.7 Å². The molecule has 0 saturated carbocycles. The van der Waals surface area contributed by atoms with Gasteiger partial charge in [-0.3, -0.25) is 0 Å². The third kappa shape index (κ3) is 1.93. The van der Waals surface area contributed by atoms with Gasteiger partial charge in [-0.25, -0.2) is 0 Å². The number of halogens is 1. The Kier molecular flexibility index (Phi) is 3.56. The maximum absolute atomic E-state index is 9.92. The van der Waals surface area contributed by atoms with Crippen molar-refractivity contribution in [3.8, 4) is 5.75 Å².